The van der Waals surface area contributed by atoms with Crippen molar-refractivity contribution in [1.29, 1.82) is 0 Å². The fourth-order valence-corrected chi connectivity index (χ4v) is 5.97. The molecule has 1 aliphatic heterocycles. The highest BCUT2D eigenvalue weighted by atomic mass is 16.3. The zero-order valence-electron chi connectivity index (χ0n) is 27.6. The molecule has 4 aromatic carbocycles. The molecule has 0 saturated carbocycles. The first-order valence-corrected chi connectivity index (χ1v) is 16.4. The van der Waals surface area contributed by atoms with E-state index in [0.717, 1.165) is 5.56 Å². The molecule has 0 unspecified atom stereocenters. The van der Waals surface area contributed by atoms with E-state index in [1.807, 2.05) is 36.4 Å². The van der Waals surface area contributed by atoms with Gasteiger partial charge in [-0.25, -0.2) is 0 Å². The van der Waals surface area contributed by atoms with Gasteiger partial charge in [-0.2, -0.15) is 0 Å². The number of benzene rings is 4. The molecular weight excluding hydrogens is 632 g/mol. The number of anilines is 3. The van der Waals surface area contributed by atoms with Crippen molar-refractivity contribution < 1.29 is 24.6 Å². The standard InChI is InChI=1S/C39H38N6O5/c1-27(10-8-9-22-44-26-33(21-23-46)42-43-44)39(50)34-24-32(41-37(48)30-13-6-3-7-14-30)19-20-35(34)45(38(39)49)25-28-15-17-31(18-16-28)40-36(47)29-11-4-2-5-12-29/h2-8,10-20,24,26-27,46,50H,9,21-23,25H2,1H3,(H,40,47)(H,41,48)/b10-8+/t27-,39+/m0/s1. The summed E-state index contributed by atoms with van der Waals surface area (Å²) in [6.45, 7) is 2.50. The number of nitrogens with one attached hydrogen (secondary N) is 2. The number of nitrogens with zero attached hydrogens (tertiary/aromatic N) is 4. The van der Waals surface area contributed by atoms with Gasteiger partial charge in [-0.3, -0.25) is 19.1 Å². The highest BCUT2D eigenvalue weighted by molar-refractivity contribution is 6.09. The van der Waals surface area contributed by atoms with Gasteiger partial charge in [0.1, 0.15) is 0 Å². The Bertz CT molecular complexity index is 1990. The van der Waals surface area contributed by atoms with Gasteiger partial charge in [-0.1, -0.05) is 72.8 Å². The maximum Gasteiger partial charge on any atom is 0.264 e. The van der Waals surface area contributed by atoms with Crippen LogP contribution in [0.2, 0.25) is 0 Å². The number of carbonyl (C=O) groups is 3. The molecule has 0 spiro atoms. The summed E-state index contributed by atoms with van der Waals surface area (Å²) >= 11 is 0. The molecule has 2 heterocycles. The molecular formula is C39H38N6O5. The van der Waals surface area contributed by atoms with Crippen LogP contribution in [0.25, 0.3) is 0 Å². The van der Waals surface area contributed by atoms with Crippen molar-refractivity contribution >= 4 is 34.8 Å². The third-order valence-corrected chi connectivity index (χ3v) is 8.71. The van der Waals surface area contributed by atoms with Crippen molar-refractivity contribution in [3.8, 4) is 0 Å². The average molecular weight is 671 g/mol. The highest BCUT2D eigenvalue weighted by Crippen LogP contribution is 2.47. The van der Waals surface area contributed by atoms with Crippen LogP contribution in [0.15, 0.2) is 121 Å². The van der Waals surface area contributed by atoms with E-state index in [1.54, 1.807) is 102 Å². The summed E-state index contributed by atoms with van der Waals surface area (Å²) in [5, 5.41) is 35.3. The summed E-state index contributed by atoms with van der Waals surface area (Å²) in [6.07, 6.45) is 6.50. The van der Waals surface area contributed by atoms with Gasteiger partial charge in [0, 0.05) is 59.8 Å². The summed E-state index contributed by atoms with van der Waals surface area (Å²) in [6, 6.07) is 30.1. The largest absolute Gasteiger partial charge is 0.396 e. The molecule has 50 heavy (non-hydrogen) atoms. The van der Waals surface area contributed by atoms with E-state index < -0.39 is 17.4 Å². The third-order valence-electron chi connectivity index (χ3n) is 8.71. The quantitative estimate of drug-likeness (QED) is 0.124. The van der Waals surface area contributed by atoms with Crippen LogP contribution in [0.4, 0.5) is 17.1 Å². The molecule has 4 N–H and O–H groups in total. The molecule has 1 aromatic heterocycles. The summed E-state index contributed by atoms with van der Waals surface area (Å²) in [4.78, 5) is 41.4. The Hall–Kier alpha value is -5.91. The fourth-order valence-electron chi connectivity index (χ4n) is 5.97. The van der Waals surface area contributed by atoms with Gasteiger partial charge in [-0.05, 0) is 66.6 Å². The van der Waals surface area contributed by atoms with Crippen LogP contribution in [0.1, 0.15) is 50.9 Å². The first-order valence-electron chi connectivity index (χ1n) is 16.4. The van der Waals surface area contributed by atoms with Crippen molar-refractivity contribution in [1.82, 2.24) is 15.0 Å². The minimum absolute atomic E-state index is 0.00283. The Morgan fingerprint density at radius 1 is 0.880 bits per heavy atom. The maximum absolute atomic E-state index is 14.2. The van der Waals surface area contributed by atoms with E-state index >= 15 is 0 Å². The van der Waals surface area contributed by atoms with E-state index in [4.69, 9.17) is 5.11 Å². The predicted octanol–water partition coefficient (Wildman–Crippen LogP) is 5.33. The van der Waals surface area contributed by atoms with E-state index in [9.17, 15) is 19.5 Å². The van der Waals surface area contributed by atoms with Crippen molar-refractivity contribution in [3.63, 3.8) is 0 Å². The lowest BCUT2D eigenvalue weighted by molar-refractivity contribution is -0.139. The Morgan fingerprint density at radius 3 is 2.14 bits per heavy atom. The van der Waals surface area contributed by atoms with Crippen LogP contribution in [-0.4, -0.2) is 49.5 Å². The predicted molar refractivity (Wildman–Crippen MR) is 190 cm³/mol. The van der Waals surface area contributed by atoms with E-state index in [2.05, 4.69) is 20.9 Å². The average Bonchev–Trinajstić information content (AvgIpc) is 3.68. The lowest BCUT2D eigenvalue weighted by Gasteiger charge is -2.28. The molecule has 2 atom stereocenters. The number of aromatic nitrogens is 3. The number of aliphatic hydroxyl groups is 2. The monoisotopic (exact) mass is 670 g/mol. The lowest BCUT2D eigenvalue weighted by Crippen LogP contribution is -2.44. The molecule has 11 heteroatoms. The topological polar surface area (TPSA) is 150 Å². The molecule has 1 aliphatic rings. The smallest absolute Gasteiger partial charge is 0.264 e. The first-order chi connectivity index (χ1) is 24.3. The summed E-state index contributed by atoms with van der Waals surface area (Å²) in [5.74, 6) is -1.65. The van der Waals surface area contributed by atoms with Crippen LogP contribution in [0, 0.1) is 5.92 Å². The van der Waals surface area contributed by atoms with Crippen LogP contribution < -0.4 is 15.5 Å². The van der Waals surface area contributed by atoms with Crippen molar-refractivity contribution in [2.24, 2.45) is 5.92 Å². The van der Waals surface area contributed by atoms with E-state index in [1.165, 1.54) is 0 Å². The van der Waals surface area contributed by atoms with Crippen LogP contribution >= 0.6 is 0 Å². The van der Waals surface area contributed by atoms with E-state index in [0.29, 0.717) is 58.8 Å². The fraction of sp³-hybridized carbons (Fsp3) is 0.205. The molecule has 0 bridgehead atoms. The molecule has 11 nitrogen and oxygen atoms in total. The Kier molecular flexibility index (Phi) is 10.3. The highest BCUT2D eigenvalue weighted by Gasteiger charge is 2.52. The molecule has 6 rings (SSSR count). The number of carbonyl (C=O) groups excluding carboxylic acids is 3. The number of hydrogen-bond donors (Lipinski definition) is 4. The summed E-state index contributed by atoms with van der Waals surface area (Å²) in [7, 11) is 0. The number of aryl methyl sites for hydroxylation is 1. The number of aliphatic hydroxyl groups excluding tert-OH is 1. The molecule has 0 aliphatic carbocycles. The molecule has 254 valence electrons. The SMILES string of the molecule is C[C@@H](/C=C/CCn1cc(CCO)nn1)[C@]1(O)C(=O)N(Cc2ccc(NC(=O)c3ccccc3)cc2)c2ccc(NC(=O)c3ccccc3)cc21. The number of rotatable bonds is 13. The zero-order valence-corrected chi connectivity index (χ0v) is 27.6. The first kappa shape index (κ1) is 34.0. The minimum Gasteiger partial charge on any atom is -0.396 e. The summed E-state index contributed by atoms with van der Waals surface area (Å²) in [5.41, 5.74) is 2.60. The van der Waals surface area contributed by atoms with Gasteiger partial charge in [0.2, 0.25) is 0 Å². The zero-order chi connectivity index (χ0) is 35.1. The van der Waals surface area contributed by atoms with Crippen LogP contribution in [0.5, 0.6) is 0 Å². The van der Waals surface area contributed by atoms with Gasteiger partial charge < -0.3 is 25.7 Å². The number of allylic oxidation sites excluding steroid dienone is 1. The lowest BCUT2D eigenvalue weighted by atomic mass is 9.82. The van der Waals surface area contributed by atoms with Gasteiger partial charge in [0.15, 0.2) is 5.60 Å². The van der Waals surface area contributed by atoms with Crippen molar-refractivity contribution in [2.45, 2.75) is 38.5 Å². The van der Waals surface area contributed by atoms with Gasteiger partial charge in [0.05, 0.1) is 17.9 Å². The minimum atomic E-state index is -1.91. The second-order valence-corrected chi connectivity index (χ2v) is 12.2. The Labute approximate surface area is 289 Å². The third kappa shape index (κ3) is 7.39. The number of fused-ring (bicyclic) bond motifs is 1. The van der Waals surface area contributed by atoms with E-state index in [-0.39, 0.29) is 25.0 Å². The van der Waals surface area contributed by atoms with Gasteiger partial charge in [0.25, 0.3) is 17.7 Å². The number of hydrogen-bond acceptors (Lipinski definition) is 7. The van der Waals surface area contributed by atoms with Crippen LogP contribution in [0.3, 0.4) is 0 Å². The van der Waals surface area contributed by atoms with Crippen LogP contribution in [-0.2, 0) is 29.9 Å². The Morgan fingerprint density at radius 2 is 1.50 bits per heavy atom. The van der Waals surface area contributed by atoms with Crippen molar-refractivity contribution in [2.75, 3.05) is 22.1 Å². The molecule has 3 amide bonds. The van der Waals surface area contributed by atoms with Crippen molar-refractivity contribution in [3.05, 3.63) is 149 Å². The normalized spacial score (nSPS) is 16.0. The molecule has 0 fully saturated rings. The summed E-state index contributed by atoms with van der Waals surface area (Å²) < 4.78 is 1.69. The molecule has 5 aromatic rings. The second-order valence-electron chi connectivity index (χ2n) is 12.2. The van der Waals surface area contributed by atoms with Gasteiger partial charge >= 0.3 is 0 Å². The molecule has 0 saturated heterocycles. The maximum atomic E-state index is 14.2. The molecule has 0 radical (unpaired) electrons. The van der Waals surface area contributed by atoms with Gasteiger partial charge in [-0.15, -0.1) is 5.10 Å². The number of amides is 3. The Balaban J connectivity index is 1.22. The second kappa shape index (κ2) is 15.1.